The first-order chi connectivity index (χ1) is 10.1. The monoisotopic (exact) mass is 291 g/mol. The lowest BCUT2D eigenvalue weighted by Crippen LogP contribution is -2.21. The van der Waals surface area contributed by atoms with Crippen LogP contribution in [-0.2, 0) is 13.0 Å². The largest absolute Gasteiger partial charge is 0.489 e. The summed E-state index contributed by atoms with van der Waals surface area (Å²) in [5.41, 5.74) is 6.91. The van der Waals surface area contributed by atoms with E-state index in [1.807, 2.05) is 25.1 Å². The Morgan fingerprint density at radius 1 is 1.10 bits per heavy atom. The Balaban J connectivity index is 2.05. The van der Waals surface area contributed by atoms with Gasteiger partial charge in [0.1, 0.15) is 24.0 Å². The van der Waals surface area contributed by atoms with Crippen LogP contribution in [0.25, 0.3) is 0 Å². The van der Waals surface area contributed by atoms with E-state index in [0.29, 0.717) is 5.75 Å². The van der Waals surface area contributed by atoms with Crippen molar-refractivity contribution in [1.82, 2.24) is 0 Å². The fourth-order valence-corrected chi connectivity index (χ4v) is 2.04. The van der Waals surface area contributed by atoms with E-state index in [1.165, 1.54) is 18.2 Å². The second-order valence-corrected chi connectivity index (χ2v) is 5.01. The maximum Gasteiger partial charge on any atom is 0.132 e. The minimum Gasteiger partial charge on any atom is -0.489 e. The fraction of sp³-hybridized carbons (Fsp3) is 0.294. The third-order valence-electron chi connectivity index (χ3n) is 3.37. The molecular weight excluding hydrogens is 272 g/mol. The summed E-state index contributed by atoms with van der Waals surface area (Å²) in [4.78, 5) is 0. The van der Waals surface area contributed by atoms with Gasteiger partial charge in [-0.05, 0) is 42.7 Å². The van der Waals surface area contributed by atoms with E-state index < -0.39 is 11.6 Å². The van der Waals surface area contributed by atoms with Crippen LogP contribution < -0.4 is 10.5 Å². The lowest BCUT2D eigenvalue weighted by molar-refractivity contribution is 0.292. The number of ether oxygens (including phenoxy) is 1. The van der Waals surface area contributed by atoms with Gasteiger partial charge in [0.2, 0.25) is 0 Å². The van der Waals surface area contributed by atoms with Crippen LogP contribution in [0.2, 0.25) is 0 Å². The zero-order valence-electron chi connectivity index (χ0n) is 12.0. The second-order valence-electron chi connectivity index (χ2n) is 5.01. The van der Waals surface area contributed by atoms with Crippen molar-refractivity contribution < 1.29 is 13.5 Å². The lowest BCUT2D eigenvalue weighted by atomic mass is 10.0. The van der Waals surface area contributed by atoms with Crippen molar-refractivity contribution >= 4 is 0 Å². The molecule has 0 fully saturated rings. The van der Waals surface area contributed by atoms with E-state index in [-0.39, 0.29) is 18.2 Å². The number of nitrogens with two attached hydrogens (primary N) is 1. The molecule has 2 nitrogen and oxygen atoms in total. The van der Waals surface area contributed by atoms with Crippen molar-refractivity contribution in [1.29, 1.82) is 0 Å². The summed E-state index contributed by atoms with van der Waals surface area (Å²) in [5, 5.41) is 0. The molecule has 1 atom stereocenters. The van der Waals surface area contributed by atoms with Gasteiger partial charge in [0.15, 0.2) is 0 Å². The zero-order chi connectivity index (χ0) is 15.2. The standard InChI is InChI=1S/C17H19F2NO/c1-2-13(20)9-12-5-3-6-14(10-12)21-11-15-16(18)7-4-8-17(15)19/h3-8,10,13H,2,9,11,20H2,1H3. The van der Waals surface area contributed by atoms with Crippen molar-refractivity contribution in [2.75, 3.05) is 0 Å². The lowest BCUT2D eigenvalue weighted by Gasteiger charge is -2.11. The van der Waals surface area contributed by atoms with E-state index in [4.69, 9.17) is 10.5 Å². The van der Waals surface area contributed by atoms with Crippen LogP contribution in [0.3, 0.4) is 0 Å². The average Bonchev–Trinajstić information content (AvgIpc) is 2.47. The van der Waals surface area contributed by atoms with E-state index >= 15 is 0 Å². The van der Waals surface area contributed by atoms with Gasteiger partial charge in [-0.1, -0.05) is 25.1 Å². The van der Waals surface area contributed by atoms with Crippen molar-refractivity contribution in [3.63, 3.8) is 0 Å². The predicted octanol–water partition coefficient (Wildman–Crippen LogP) is 3.82. The van der Waals surface area contributed by atoms with Crippen molar-refractivity contribution in [2.45, 2.75) is 32.4 Å². The molecule has 0 aliphatic carbocycles. The van der Waals surface area contributed by atoms with Gasteiger partial charge in [0.25, 0.3) is 0 Å². The summed E-state index contributed by atoms with van der Waals surface area (Å²) in [7, 11) is 0. The Labute approximate surface area is 123 Å². The Morgan fingerprint density at radius 3 is 2.43 bits per heavy atom. The molecule has 0 amide bonds. The van der Waals surface area contributed by atoms with Gasteiger partial charge >= 0.3 is 0 Å². The Kier molecular flexibility index (Phi) is 5.28. The highest BCUT2D eigenvalue weighted by Gasteiger charge is 2.09. The van der Waals surface area contributed by atoms with Gasteiger partial charge in [0, 0.05) is 6.04 Å². The van der Waals surface area contributed by atoms with Crippen LogP contribution >= 0.6 is 0 Å². The first-order valence-electron chi connectivity index (χ1n) is 7.00. The van der Waals surface area contributed by atoms with Crippen LogP contribution in [0.5, 0.6) is 5.75 Å². The van der Waals surface area contributed by atoms with Gasteiger partial charge in [-0.25, -0.2) is 8.78 Å². The molecule has 0 aromatic heterocycles. The van der Waals surface area contributed by atoms with Gasteiger partial charge in [-0.15, -0.1) is 0 Å². The number of hydrogen-bond acceptors (Lipinski definition) is 2. The molecular formula is C17H19F2NO. The maximum atomic E-state index is 13.5. The summed E-state index contributed by atoms with van der Waals surface area (Å²) in [6.07, 6.45) is 1.65. The number of hydrogen-bond donors (Lipinski definition) is 1. The fourth-order valence-electron chi connectivity index (χ4n) is 2.04. The molecule has 21 heavy (non-hydrogen) atoms. The quantitative estimate of drug-likeness (QED) is 0.878. The minimum absolute atomic E-state index is 0.0619. The normalized spacial score (nSPS) is 12.2. The van der Waals surface area contributed by atoms with Crippen LogP contribution in [0.4, 0.5) is 8.78 Å². The molecule has 0 bridgehead atoms. The summed E-state index contributed by atoms with van der Waals surface area (Å²) >= 11 is 0. The number of halogens is 2. The average molecular weight is 291 g/mol. The van der Waals surface area contributed by atoms with Gasteiger partial charge < -0.3 is 10.5 Å². The molecule has 112 valence electrons. The van der Waals surface area contributed by atoms with Gasteiger partial charge in [-0.2, -0.15) is 0 Å². The minimum atomic E-state index is -0.598. The summed E-state index contributed by atoms with van der Waals surface area (Å²) in [5.74, 6) is -0.614. The summed E-state index contributed by atoms with van der Waals surface area (Å²) < 4.78 is 32.5. The third-order valence-corrected chi connectivity index (χ3v) is 3.37. The zero-order valence-corrected chi connectivity index (χ0v) is 12.0. The highest BCUT2D eigenvalue weighted by Crippen LogP contribution is 2.19. The van der Waals surface area contributed by atoms with Crippen LogP contribution in [0, 0.1) is 11.6 Å². The molecule has 2 N–H and O–H groups in total. The molecule has 2 aromatic rings. The molecule has 0 aliphatic heterocycles. The first kappa shape index (κ1) is 15.4. The molecule has 2 rings (SSSR count). The van der Waals surface area contributed by atoms with Crippen LogP contribution in [0.15, 0.2) is 42.5 Å². The Bertz CT molecular complexity index is 581. The Morgan fingerprint density at radius 2 is 1.76 bits per heavy atom. The summed E-state index contributed by atoms with van der Waals surface area (Å²) in [6.45, 7) is 1.90. The highest BCUT2D eigenvalue weighted by molar-refractivity contribution is 5.29. The molecule has 0 aliphatic rings. The van der Waals surface area contributed by atoms with E-state index in [2.05, 4.69) is 0 Å². The summed E-state index contributed by atoms with van der Waals surface area (Å²) in [6, 6.07) is 11.3. The van der Waals surface area contributed by atoms with Crippen molar-refractivity contribution in [3.05, 3.63) is 65.2 Å². The molecule has 4 heteroatoms. The predicted molar refractivity (Wildman–Crippen MR) is 79.1 cm³/mol. The van der Waals surface area contributed by atoms with Crippen molar-refractivity contribution in [3.8, 4) is 5.75 Å². The Hall–Kier alpha value is -1.94. The van der Waals surface area contributed by atoms with Gasteiger partial charge in [0.05, 0.1) is 5.56 Å². The molecule has 0 saturated heterocycles. The van der Waals surface area contributed by atoms with E-state index in [0.717, 1.165) is 18.4 Å². The molecule has 0 radical (unpaired) electrons. The van der Waals surface area contributed by atoms with E-state index in [1.54, 1.807) is 6.07 Å². The third kappa shape index (κ3) is 4.26. The molecule has 0 saturated carbocycles. The second kappa shape index (κ2) is 7.18. The molecule has 1 unspecified atom stereocenters. The highest BCUT2D eigenvalue weighted by atomic mass is 19.1. The van der Waals surface area contributed by atoms with Gasteiger partial charge in [-0.3, -0.25) is 0 Å². The van der Waals surface area contributed by atoms with E-state index in [9.17, 15) is 8.78 Å². The SMILES string of the molecule is CCC(N)Cc1cccc(OCc2c(F)cccc2F)c1. The molecule has 0 spiro atoms. The number of rotatable bonds is 6. The molecule has 2 aromatic carbocycles. The first-order valence-corrected chi connectivity index (χ1v) is 7.00. The smallest absolute Gasteiger partial charge is 0.132 e. The maximum absolute atomic E-state index is 13.5. The van der Waals surface area contributed by atoms with Crippen LogP contribution in [0.1, 0.15) is 24.5 Å². The number of benzene rings is 2. The topological polar surface area (TPSA) is 35.2 Å². The van der Waals surface area contributed by atoms with Crippen molar-refractivity contribution in [2.24, 2.45) is 5.73 Å². The molecule has 0 heterocycles. The van der Waals surface area contributed by atoms with Crippen LogP contribution in [-0.4, -0.2) is 6.04 Å².